The lowest BCUT2D eigenvalue weighted by Gasteiger charge is -2.37. The summed E-state index contributed by atoms with van der Waals surface area (Å²) in [5.41, 5.74) is 6.88. The summed E-state index contributed by atoms with van der Waals surface area (Å²) in [6.07, 6.45) is -3.31. The van der Waals surface area contributed by atoms with Gasteiger partial charge in [-0.1, -0.05) is 30.3 Å². The van der Waals surface area contributed by atoms with E-state index in [4.69, 9.17) is 5.73 Å². The standard InChI is InChI=1S/C14H20N2O4S/c15-10(6-8-4-2-1-3-5-8)16-14-13(20)12(19)11(18)9(7-17)21-14/h1-5,9,11-14,17-20H,6-7H2,(H2,15,16)/t9-,11-,12+,13-,14?/m1/s1. The van der Waals surface area contributed by atoms with Gasteiger partial charge in [0.1, 0.15) is 17.6 Å². The number of aliphatic hydroxyl groups is 4. The van der Waals surface area contributed by atoms with Gasteiger partial charge in [-0.05, 0) is 5.56 Å². The molecule has 116 valence electrons. The highest BCUT2D eigenvalue weighted by Crippen LogP contribution is 2.33. The van der Waals surface area contributed by atoms with Crippen LogP contribution in [0.2, 0.25) is 0 Å². The van der Waals surface area contributed by atoms with Gasteiger partial charge in [-0.15, -0.1) is 11.8 Å². The van der Waals surface area contributed by atoms with Gasteiger partial charge in [0.15, 0.2) is 0 Å². The first-order valence-electron chi connectivity index (χ1n) is 6.69. The molecule has 6 nitrogen and oxygen atoms in total. The first-order chi connectivity index (χ1) is 10.0. The maximum atomic E-state index is 9.96. The summed E-state index contributed by atoms with van der Waals surface area (Å²) < 4.78 is 0. The van der Waals surface area contributed by atoms with Crippen LogP contribution in [0, 0.1) is 0 Å². The third kappa shape index (κ3) is 3.96. The van der Waals surface area contributed by atoms with Crippen LogP contribution in [0.3, 0.4) is 0 Å². The zero-order chi connectivity index (χ0) is 15.4. The number of amidine groups is 1. The molecule has 0 spiro atoms. The lowest BCUT2D eigenvalue weighted by molar-refractivity contribution is -0.0688. The summed E-state index contributed by atoms with van der Waals surface area (Å²) in [5.74, 6) is 0.332. The van der Waals surface area contributed by atoms with Crippen molar-refractivity contribution < 1.29 is 20.4 Å². The first-order valence-corrected chi connectivity index (χ1v) is 7.63. The number of rotatable bonds is 4. The minimum absolute atomic E-state index is 0.305. The molecular formula is C14H20N2O4S. The number of hydrogen-bond donors (Lipinski definition) is 5. The molecule has 1 aromatic rings. The van der Waals surface area contributed by atoms with Gasteiger partial charge in [-0.25, -0.2) is 0 Å². The van der Waals surface area contributed by atoms with Gasteiger partial charge in [0.05, 0.1) is 23.8 Å². The molecule has 5 atom stereocenters. The van der Waals surface area contributed by atoms with E-state index in [1.165, 1.54) is 0 Å². The molecule has 1 aromatic carbocycles. The predicted molar refractivity (Wildman–Crippen MR) is 82.0 cm³/mol. The van der Waals surface area contributed by atoms with Gasteiger partial charge in [-0.3, -0.25) is 4.99 Å². The van der Waals surface area contributed by atoms with Crippen molar-refractivity contribution in [2.45, 2.75) is 35.4 Å². The van der Waals surface area contributed by atoms with E-state index >= 15 is 0 Å². The second-order valence-corrected chi connectivity index (χ2v) is 6.36. The number of nitrogens with zero attached hydrogens (tertiary/aromatic N) is 1. The third-order valence-corrected chi connectivity index (χ3v) is 4.83. The second-order valence-electron chi connectivity index (χ2n) is 5.00. The van der Waals surface area contributed by atoms with Gasteiger partial charge in [-0.2, -0.15) is 0 Å². The van der Waals surface area contributed by atoms with Crippen LogP contribution in [-0.2, 0) is 6.42 Å². The highest BCUT2D eigenvalue weighted by Gasteiger charge is 2.43. The molecule has 1 aliphatic rings. The average Bonchev–Trinajstić information content (AvgIpc) is 2.49. The lowest BCUT2D eigenvalue weighted by atomic mass is 10.0. The number of thioether (sulfide) groups is 1. The molecule has 2 rings (SSSR count). The van der Waals surface area contributed by atoms with Crippen LogP contribution in [-0.4, -0.2) is 61.8 Å². The van der Waals surface area contributed by atoms with Crippen molar-refractivity contribution in [1.29, 1.82) is 0 Å². The van der Waals surface area contributed by atoms with E-state index in [1.54, 1.807) is 0 Å². The smallest absolute Gasteiger partial charge is 0.126 e. The molecule has 0 radical (unpaired) electrons. The van der Waals surface area contributed by atoms with E-state index in [2.05, 4.69) is 4.99 Å². The molecule has 0 aromatic heterocycles. The lowest BCUT2D eigenvalue weighted by Crippen LogP contribution is -2.53. The molecule has 1 unspecified atom stereocenters. The molecule has 1 saturated heterocycles. The summed E-state index contributed by atoms with van der Waals surface area (Å²) in [6, 6.07) is 9.54. The summed E-state index contributed by atoms with van der Waals surface area (Å²) in [6.45, 7) is -0.305. The first kappa shape index (κ1) is 16.3. The Hall–Kier alpha value is -1.12. The summed E-state index contributed by atoms with van der Waals surface area (Å²) in [7, 11) is 0. The quantitative estimate of drug-likeness (QED) is 0.363. The van der Waals surface area contributed by atoms with Crippen molar-refractivity contribution in [3.05, 3.63) is 35.9 Å². The Bertz CT molecular complexity index is 483. The summed E-state index contributed by atoms with van der Waals surface area (Å²) in [4.78, 5) is 4.22. The maximum absolute atomic E-state index is 9.96. The molecule has 0 amide bonds. The van der Waals surface area contributed by atoms with Gasteiger partial charge >= 0.3 is 0 Å². The van der Waals surface area contributed by atoms with E-state index in [0.29, 0.717) is 12.3 Å². The van der Waals surface area contributed by atoms with E-state index in [1.807, 2.05) is 30.3 Å². The van der Waals surface area contributed by atoms with Gasteiger partial charge in [0.2, 0.25) is 0 Å². The van der Waals surface area contributed by atoms with E-state index in [0.717, 1.165) is 17.3 Å². The van der Waals surface area contributed by atoms with Crippen LogP contribution in [0.25, 0.3) is 0 Å². The van der Waals surface area contributed by atoms with Crippen LogP contribution in [0.5, 0.6) is 0 Å². The van der Waals surface area contributed by atoms with Crippen LogP contribution in [0.4, 0.5) is 0 Å². The van der Waals surface area contributed by atoms with E-state index in [-0.39, 0.29) is 6.61 Å². The van der Waals surface area contributed by atoms with Crippen molar-refractivity contribution in [3.8, 4) is 0 Å². The zero-order valence-corrected chi connectivity index (χ0v) is 12.2. The van der Waals surface area contributed by atoms with Crippen molar-refractivity contribution in [2.75, 3.05) is 6.61 Å². The van der Waals surface area contributed by atoms with Gasteiger partial charge in [0.25, 0.3) is 0 Å². The molecule has 0 saturated carbocycles. The number of aliphatic hydroxyl groups excluding tert-OH is 4. The highest BCUT2D eigenvalue weighted by atomic mass is 32.2. The fraction of sp³-hybridized carbons (Fsp3) is 0.500. The van der Waals surface area contributed by atoms with Crippen molar-refractivity contribution in [3.63, 3.8) is 0 Å². The normalized spacial score (nSPS) is 33.9. The minimum Gasteiger partial charge on any atom is -0.395 e. The molecule has 7 heteroatoms. The topological polar surface area (TPSA) is 119 Å². The Kier molecular flexibility index (Phi) is 5.60. The minimum atomic E-state index is -1.35. The fourth-order valence-electron chi connectivity index (χ4n) is 2.20. The molecule has 0 aliphatic carbocycles. The number of nitrogens with two attached hydrogens (primary N) is 1. The van der Waals surface area contributed by atoms with Gasteiger partial charge < -0.3 is 26.2 Å². The number of hydrogen-bond acceptors (Lipinski definition) is 6. The van der Waals surface area contributed by atoms with E-state index < -0.39 is 28.9 Å². The second kappa shape index (κ2) is 7.24. The number of aliphatic imine (C=N–C) groups is 1. The van der Waals surface area contributed by atoms with Crippen LogP contribution in [0.1, 0.15) is 5.56 Å². The largest absolute Gasteiger partial charge is 0.395 e. The maximum Gasteiger partial charge on any atom is 0.126 e. The zero-order valence-electron chi connectivity index (χ0n) is 11.4. The van der Waals surface area contributed by atoms with Gasteiger partial charge in [0, 0.05) is 6.42 Å². The SMILES string of the molecule is N/C(Cc1ccccc1)=N\C1S[C@H](CO)[C@@H](O)[C@H](O)[C@H]1O. The fourth-order valence-corrected chi connectivity index (χ4v) is 3.49. The Labute approximate surface area is 127 Å². The Morgan fingerprint density at radius 1 is 1.10 bits per heavy atom. The van der Waals surface area contributed by atoms with Crippen molar-refractivity contribution in [1.82, 2.24) is 0 Å². The molecular weight excluding hydrogens is 292 g/mol. The highest BCUT2D eigenvalue weighted by molar-refractivity contribution is 8.00. The molecule has 6 N–H and O–H groups in total. The number of benzene rings is 1. The van der Waals surface area contributed by atoms with Crippen LogP contribution < -0.4 is 5.73 Å². The molecule has 1 heterocycles. The Morgan fingerprint density at radius 2 is 1.76 bits per heavy atom. The molecule has 0 bridgehead atoms. The third-order valence-electron chi connectivity index (χ3n) is 3.39. The van der Waals surface area contributed by atoms with Crippen LogP contribution >= 0.6 is 11.8 Å². The molecule has 21 heavy (non-hydrogen) atoms. The predicted octanol–water partition coefficient (Wildman–Crippen LogP) is -0.897. The van der Waals surface area contributed by atoms with Crippen molar-refractivity contribution >= 4 is 17.6 Å². The molecule has 1 fully saturated rings. The Morgan fingerprint density at radius 3 is 2.38 bits per heavy atom. The van der Waals surface area contributed by atoms with Crippen LogP contribution in [0.15, 0.2) is 35.3 Å². The summed E-state index contributed by atoms with van der Waals surface area (Å²) >= 11 is 1.11. The average molecular weight is 312 g/mol. The monoisotopic (exact) mass is 312 g/mol. The van der Waals surface area contributed by atoms with Crippen molar-refractivity contribution in [2.24, 2.45) is 10.7 Å². The molecule has 1 aliphatic heterocycles. The summed E-state index contributed by atoms with van der Waals surface area (Å²) in [5, 5.41) is 37.4. The Balaban J connectivity index is 2.07. The van der Waals surface area contributed by atoms with E-state index in [9.17, 15) is 20.4 Å².